The van der Waals surface area contributed by atoms with Gasteiger partial charge in [-0.05, 0) is 94.5 Å². The molecule has 0 fully saturated rings. The number of esters is 4. The van der Waals surface area contributed by atoms with Gasteiger partial charge in [-0.3, -0.25) is 24.5 Å². The summed E-state index contributed by atoms with van der Waals surface area (Å²) in [5.41, 5.74) is 4.11. The lowest BCUT2D eigenvalue weighted by atomic mass is 10.0. The van der Waals surface area contributed by atoms with Crippen LogP contribution in [-0.2, 0) is 42.9 Å². The van der Waals surface area contributed by atoms with Crippen molar-refractivity contribution in [3.8, 4) is 0 Å². The van der Waals surface area contributed by atoms with Crippen LogP contribution < -0.4 is 16.4 Å². The van der Waals surface area contributed by atoms with Gasteiger partial charge in [0.25, 0.3) is 0 Å². The summed E-state index contributed by atoms with van der Waals surface area (Å²) in [5, 5.41) is 5.55. The molecule has 12 heteroatoms. The van der Waals surface area contributed by atoms with Crippen LogP contribution in [0.4, 0.5) is 0 Å². The number of nitrogens with one attached hydrogen (secondary N) is 2. The minimum atomic E-state index is -0.631. The molecule has 0 radical (unpaired) electrons. The molecule has 0 aromatic heterocycles. The van der Waals surface area contributed by atoms with Gasteiger partial charge in [-0.2, -0.15) is 0 Å². The summed E-state index contributed by atoms with van der Waals surface area (Å²) >= 11 is 0. The fourth-order valence-corrected chi connectivity index (χ4v) is 6.26. The van der Waals surface area contributed by atoms with E-state index in [9.17, 15) is 24.0 Å². The van der Waals surface area contributed by atoms with E-state index in [-0.39, 0.29) is 36.5 Å². The maximum atomic E-state index is 11.8. The summed E-state index contributed by atoms with van der Waals surface area (Å²) in [7, 11) is 0. The number of carbonyl (C=O) groups is 5. The quantitative estimate of drug-likeness (QED) is 0.0315. The Bertz CT molecular complexity index is 1090. The average Bonchev–Trinajstić information content (AvgIpc) is 3.12. The van der Waals surface area contributed by atoms with Gasteiger partial charge in [0, 0.05) is 19.4 Å². The molecule has 0 aliphatic heterocycles. The summed E-state index contributed by atoms with van der Waals surface area (Å²) < 4.78 is 20.5. The largest absolute Gasteiger partial charge is 0.460 e. The van der Waals surface area contributed by atoms with Crippen molar-refractivity contribution in [2.24, 2.45) is 5.73 Å². The highest BCUT2D eigenvalue weighted by molar-refractivity contribution is 5.80. The molecule has 0 aliphatic rings. The second-order valence-corrected chi connectivity index (χ2v) is 19.1. The van der Waals surface area contributed by atoms with Crippen LogP contribution in [0.25, 0.3) is 0 Å². The second-order valence-electron chi connectivity index (χ2n) is 19.1. The molecule has 0 atom stereocenters. The smallest absolute Gasteiger partial charge is 0.344 e. The number of ether oxygens (including phenoxy) is 4. The fraction of sp³-hybridized carbons (Fsp3) is 0.896. The Morgan fingerprint density at radius 3 is 1.07 bits per heavy atom. The number of carbonyl (C=O) groups excluding carboxylic acids is 5. The van der Waals surface area contributed by atoms with Gasteiger partial charge in [0.05, 0.1) is 13.1 Å². The van der Waals surface area contributed by atoms with Gasteiger partial charge < -0.3 is 30.0 Å². The molecular weight excluding hydrogens is 763 g/mol. The van der Waals surface area contributed by atoms with Crippen LogP contribution >= 0.6 is 0 Å². The van der Waals surface area contributed by atoms with Crippen LogP contribution in [-0.4, -0.2) is 79.4 Å². The summed E-state index contributed by atoms with van der Waals surface area (Å²) in [4.78, 5) is 58.1. The van der Waals surface area contributed by atoms with Gasteiger partial charge in [-0.15, -0.1) is 0 Å². The zero-order valence-electron chi connectivity index (χ0n) is 40.2. The van der Waals surface area contributed by atoms with Crippen molar-refractivity contribution in [1.29, 1.82) is 0 Å². The Balaban J connectivity index is 0. The maximum absolute atomic E-state index is 11.8. The van der Waals surface area contributed by atoms with Gasteiger partial charge >= 0.3 is 23.9 Å². The fourth-order valence-electron chi connectivity index (χ4n) is 6.26. The van der Waals surface area contributed by atoms with E-state index in [1.807, 2.05) is 41.5 Å². The predicted octanol–water partition coefficient (Wildman–Crippen LogP) is 10.3. The molecule has 0 aliphatic carbocycles. The van der Waals surface area contributed by atoms with Crippen molar-refractivity contribution in [2.45, 2.75) is 246 Å². The Morgan fingerprint density at radius 2 is 0.717 bits per heavy atom. The first-order chi connectivity index (χ1) is 28.2. The van der Waals surface area contributed by atoms with Crippen molar-refractivity contribution in [3.05, 3.63) is 0 Å². The monoisotopic (exact) mass is 856 g/mol. The molecule has 0 saturated heterocycles. The van der Waals surface area contributed by atoms with E-state index in [4.69, 9.17) is 24.7 Å². The van der Waals surface area contributed by atoms with E-state index < -0.39 is 29.7 Å². The maximum Gasteiger partial charge on any atom is 0.344 e. The molecule has 0 spiro atoms. The Morgan fingerprint density at radius 1 is 0.400 bits per heavy atom. The van der Waals surface area contributed by atoms with Crippen LogP contribution in [0.15, 0.2) is 0 Å². The van der Waals surface area contributed by atoms with Crippen LogP contribution in [0.5, 0.6) is 0 Å². The number of unbranched alkanes of at least 4 members (excludes halogenated alkanes) is 22. The van der Waals surface area contributed by atoms with Crippen LogP contribution in [0.1, 0.15) is 229 Å². The highest BCUT2D eigenvalue weighted by atomic mass is 16.6. The minimum Gasteiger partial charge on any atom is -0.460 e. The van der Waals surface area contributed by atoms with E-state index in [2.05, 4.69) is 10.6 Å². The Labute approximate surface area is 367 Å². The number of hydrogen-bond acceptors (Lipinski definition) is 11. The number of nitrogens with two attached hydrogens (primary N) is 1. The lowest BCUT2D eigenvalue weighted by molar-refractivity contribution is -0.166. The lowest BCUT2D eigenvalue weighted by Crippen LogP contribution is -2.37. The molecule has 354 valence electrons. The van der Waals surface area contributed by atoms with E-state index in [1.54, 1.807) is 20.8 Å². The zero-order chi connectivity index (χ0) is 45.5. The molecule has 4 N–H and O–H groups in total. The normalized spacial score (nSPS) is 11.6. The highest BCUT2D eigenvalue weighted by Crippen LogP contribution is 2.16. The first-order valence-corrected chi connectivity index (χ1v) is 23.7. The van der Waals surface area contributed by atoms with E-state index >= 15 is 0 Å². The zero-order valence-corrected chi connectivity index (χ0v) is 40.2. The van der Waals surface area contributed by atoms with Crippen molar-refractivity contribution in [3.63, 3.8) is 0 Å². The van der Waals surface area contributed by atoms with Gasteiger partial charge in [0.15, 0.2) is 6.61 Å². The van der Waals surface area contributed by atoms with Gasteiger partial charge in [-0.25, -0.2) is 4.79 Å². The van der Waals surface area contributed by atoms with Crippen molar-refractivity contribution >= 4 is 29.8 Å². The third-order valence-electron chi connectivity index (χ3n) is 9.13. The third kappa shape index (κ3) is 51.4. The Hall–Kier alpha value is -2.73. The molecule has 0 heterocycles. The van der Waals surface area contributed by atoms with Gasteiger partial charge in [0.2, 0.25) is 5.91 Å². The van der Waals surface area contributed by atoms with Gasteiger partial charge in [-0.1, -0.05) is 128 Å². The second kappa shape index (κ2) is 38.0. The SMILES string of the molecule is CC(C)(C)OC(=O)CCCCCCCCCCCCCCN.CC(C)(C)OC(=O)CCCCCCCCCCCCCCNC(=O)CNCC(=O)OCC(=O)OC(C)(C)C. The lowest BCUT2D eigenvalue weighted by Gasteiger charge is -2.19. The summed E-state index contributed by atoms with van der Waals surface area (Å²) in [6.07, 6.45) is 30.3. The predicted molar refractivity (Wildman–Crippen MR) is 243 cm³/mol. The molecular formula is C48H93N3O9. The van der Waals surface area contributed by atoms with Crippen LogP contribution in [0.3, 0.4) is 0 Å². The summed E-state index contributed by atoms with van der Waals surface area (Å²) in [5.74, 6) is -1.54. The van der Waals surface area contributed by atoms with Crippen molar-refractivity contribution in [1.82, 2.24) is 10.6 Å². The standard InChI is InChI=1S/C29H54N2O7.C19H39NO2/c1-28(2,3)37-25(33)19-17-15-13-11-9-7-8-10-12-14-16-18-20-31-24(32)21-30-22-26(34)36-23-27(35)38-29(4,5)6;1-19(2,3)22-18(21)16-14-12-10-8-6-4-5-7-9-11-13-15-17-20/h30H,7-23H2,1-6H3,(H,31,32);4-17,20H2,1-3H3. The molecule has 60 heavy (non-hydrogen) atoms. The van der Waals surface area contributed by atoms with Crippen LogP contribution in [0.2, 0.25) is 0 Å². The van der Waals surface area contributed by atoms with Gasteiger partial charge in [0.1, 0.15) is 16.8 Å². The molecule has 0 unspecified atom stereocenters. The molecule has 0 aromatic rings. The van der Waals surface area contributed by atoms with Crippen molar-refractivity contribution in [2.75, 3.05) is 32.8 Å². The third-order valence-corrected chi connectivity index (χ3v) is 9.13. The molecule has 0 aromatic carbocycles. The van der Waals surface area contributed by atoms with E-state index in [1.165, 1.54) is 116 Å². The highest BCUT2D eigenvalue weighted by Gasteiger charge is 2.18. The minimum absolute atomic E-state index is 0.0191. The van der Waals surface area contributed by atoms with Crippen molar-refractivity contribution < 1.29 is 42.9 Å². The molecule has 12 nitrogen and oxygen atoms in total. The number of hydrogen-bond donors (Lipinski definition) is 3. The molecule has 0 bridgehead atoms. The van der Waals surface area contributed by atoms with Crippen LogP contribution in [0, 0.1) is 0 Å². The summed E-state index contributed by atoms with van der Waals surface area (Å²) in [6.45, 7) is 17.5. The molecule has 0 saturated carbocycles. The number of rotatable bonds is 35. The molecule has 1 amide bonds. The first kappa shape index (κ1) is 59.4. The average molecular weight is 856 g/mol. The molecule has 0 rings (SSSR count). The first-order valence-electron chi connectivity index (χ1n) is 23.7. The topological polar surface area (TPSA) is 172 Å². The number of amides is 1. The van der Waals surface area contributed by atoms with E-state index in [0.717, 1.165) is 45.1 Å². The Kier molecular flexibility index (Phi) is 37.6. The van der Waals surface area contributed by atoms with E-state index in [0.29, 0.717) is 19.4 Å². The summed E-state index contributed by atoms with van der Waals surface area (Å²) in [6, 6.07) is 0.